The van der Waals surface area contributed by atoms with Crippen LogP contribution in [0.4, 0.5) is 0 Å². The summed E-state index contributed by atoms with van der Waals surface area (Å²) in [5.41, 5.74) is 9.08. The van der Waals surface area contributed by atoms with Crippen LogP contribution in [0.25, 0.3) is 0 Å². The largest absolute Gasteiger partial charge is 0.328 e. The molecule has 2 nitrogen and oxygen atoms in total. The fraction of sp³-hybridized carbons (Fsp3) is 0.533. The van der Waals surface area contributed by atoms with Gasteiger partial charge in [-0.15, -0.1) is 0 Å². The van der Waals surface area contributed by atoms with Crippen molar-refractivity contribution in [2.45, 2.75) is 45.6 Å². The van der Waals surface area contributed by atoms with E-state index in [1.807, 2.05) is 26.0 Å². The van der Waals surface area contributed by atoms with Crippen molar-refractivity contribution in [1.82, 2.24) is 0 Å². The second kappa shape index (κ2) is 5.01. The van der Waals surface area contributed by atoms with Crippen LogP contribution in [0.15, 0.2) is 18.2 Å². The molecule has 0 bridgehead atoms. The quantitative estimate of drug-likeness (QED) is 0.795. The standard InChI is InChI=1S/C15H21NO/c1-10-6-7-11(2)14(8-10)15(17)12-4-3-5-13(16)9-12/h6-8,12-13H,3-5,9,16H2,1-2H3. The topological polar surface area (TPSA) is 43.1 Å². The van der Waals surface area contributed by atoms with Crippen LogP contribution in [-0.2, 0) is 0 Å². The summed E-state index contributed by atoms with van der Waals surface area (Å²) < 4.78 is 0. The first-order chi connectivity index (χ1) is 8.08. The number of nitrogens with two attached hydrogens (primary N) is 1. The predicted molar refractivity (Wildman–Crippen MR) is 70.2 cm³/mol. The van der Waals surface area contributed by atoms with Gasteiger partial charge in [0.05, 0.1) is 0 Å². The van der Waals surface area contributed by atoms with Crippen molar-refractivity contribution >= 4 is 5.78 Å². The maximum atomic E-state index is 12.5. The molecule has 0 heterocycles. The minimum absolute atomic E-state index is 0.138. The number of hydrogen-bond donors (Lipinski definition) is 1. The van der Waals surface area contributed by atoms with Crippen LogP contribution < -0.4 is 5.73 Å². The van der Waals surface area contributed by atoms with Crippen molar-refractivity contribution in [1.29, 1.82) is 0 Å². The van der Waals surface area contributed by atoms with E-state index in [0.29, 0.717) is 5.78 Å². The maximum Gasteiger partial charge on any atom is 0.166 e. The number of benzene rings is 1. The molecule has 2 unspecified atom stereocenters. The van der Waals surface area contributed by atoms with Crippen molar-refractivity contribution in [3.8, 4) is 0 Å². The molecule has 0 amide bonds. The Kier molecular flexibility index (Phi) is 3.63. The predicted octanol–water partition coefficient (Wildman–Crippen LogP) is 3.00. The Balaban J connectivity index is 2.21. The third kappa shape index (κ3) is 2.75. The summed E-state index contributed by atoms with van der Waals surface area (Å²) in [4.78, 5) is 12.5. The summed E-state index contributed by atoms with van der Waals surface area (Å²) in [7, 11) is 0. The fourth-order valence-corrected chi connectivity index (χ4v) is 2.69. The van der Waals surface area contributed by atoms with Gasteiger partial charge in [0.1, 0.15) is 0 Å². The molecule has 0 aromatic heterocycles. The highest BCUT2D eigenvalue weighted by molar-refractivity contribution is 5.99. The molecule has 0 saturated heterocycles. The maximum absolute atomic E-state index is 12.5. The van der Waals surface area contributed by atoms with E-state index < -0.39 is 0 Å². The highest BCUT2D eigenvalue weighted by Crippen LogP contribution is 2.27. The van der Waals surface area contributed by atoms with Crippen molar-refractivity contribution in [2.24, 2.45) is 11.7 Å². The minimum atomic E-state index is 0.138. The molecule has 1 aromatic rings. The zero-order valence-electron chi connectivity index (χ0n) is 10.7. The van der Waals surface area contributed by atoms with Gasteiger partial charge >= 0.3 is 0 Å². The number of carbonyl (C=O) groups excluding carboxylic acids is 1. The number of rotatable bonds is 2. The van der Waals surface area contributed by atoms with E-state index in [-0.39, 0.29) is 12.0 Å². The number of aryl methyl sites for hydroxylation is 2. The Morgan fingerprint density at radius 2 is 2.06 bits per heavy atom. The summed E-state index contributed by atoms with van der Waals surface area (Å²) in [5.74, 6) is 0.431. The molecule has 1 aliphatic carbocycles. The number of ketones is 1. The minimum Gasteiger partial charge on any atom is -0.328 e. The summed E-state index contributed by atoms with van der Waals surface area (Å²) in [6, 6.07) is 6.31. The van der Waals surface area contributed by atoms with E-state index in [1.54, 1.807) is 0 Å². The fourth-order valence-electron chi connectivity index (χ4n) is 2.69. The van der Waals surface area contributed by atoms with Gasteiger partial charge in [0, 0.05) is 17.5 Å². The van der Waals surface area contributed by atoms with Crippen LogP contribution in [0.1, 0.15) is 47.2 Å². The second-order valence-corrected chi connectivity index (χ2v) is 5.31. The molecule has 0 radical (unpaired) electrons. The first-order valence-electron chi connectivity index (χ1n) is 6.45. The van der Waals surface area contributed by atoms with Gasteiger partial charge in [0.25, 0.3) is 0 Å². The first-order valence-corrected chi connectivity index (χ1v) is 6.45. The highest BCUT2D eigenvalue weighted by atomic mass is 16.1. The smallest absolute Gasteiger partial charge is 0.166 e. The van der Waals surface area contributed by atoms with Crippen molar-refractivity contribution < 1.29 is 4.79 Å². The molecular formula is C15H21NO. The summed E-state index contributed by atoms with van der Waals surface area (Å²) in [5, 5.41) is 0. The van der Waals surface area contributed by atoms with Crippen LogP contribution in [0, 0.1) is 19.8 Å². The monoisotopic (exact) mass is 231 g/mol. The molecule has 92 valence electrons. The molecule has 1 fully saturated rings. The van der Waals surface area contributed by atoms with E-state index in [4.69, 9.17) is 5.73 Å². The van der Waals surface area contributed by atoms with Crippen LogP contribution in [0.2, 0.25) is 0 Å². The van der Waals surface area contributed by atoms with Crippen molar-refractivity contribution in [3.05, 3.63) is 34.9 Å². The number of Topliss-reactive ketones (excluding diaryl/α,β-unsaturated/α-hetero) is 1. The zero-order valence-corrected chi connectivity index (χ0v) is 10.7. The Labute approximate surface area is 103 Å². The molecule has 0 spiro atoms. The summed E-state index contributed by atoms with van der Waals surface area (Å²) in [6.45, 7) is 4.04. The molecule has 0 aliphatic heterocycles. The lowest BCUT2D eigenvalue weighted by Crippen LogP contribution is -2.31. The van der Waals surface area contributed by atoms with Crippen LogP contribution in [0.3, 0.4) is 0 Å². The molecule has 2 heteroatoms. The van der Waals surface area contributed by atoms with Gasteiger partial charge in [0.15, 0.2) is 5.78 Å². The van der Waals surface area contributed by atoms with E-state index >= 15 is 0 Å². The zero-order chi connectivity index (χ0) is 12.4. The Hall–Kier alpha value is -1.15. The third-order valence-electron chi connectivity index (χ3n) is 3.74. The van der Waals surface area contributed by atoms with E-state index in [9.17, 15) is 4.79 Å². The lowest BCUT2D eigenvalue weighted by molar-refractivity contribution is 0.0881. The van der Waals surface area contributed by atoms with E-state index in [2.05, 4.69) is 6.07 Å². The summed E-state index contributed by atoms with van der Waals surface area (Å²) >= 11 is 0. The van der Waals surface area contributed by atoms with Gasteiger partial charge < -0.3 is 5.73 Å². The molecular weight excluding hydrogens is 210 g/mol. The van der Waals surface area contributed by atoms with Crippen LogP contribution in [0.5, 0.6) is 0 Å². The highest BCUT2D eigenvalue weighted by Gasteiger charge is 2.26. The second-order valence-electron chi connectivity index (χ2n) is 5.31. The van der Waals surface area contributed by atoms with Gasteiger partial charge in [-0.25, -0.2) is 0 Å². The van der Waals surface area contributed by atoms with Gasteiger partial charge in [-0.3, -0.25) is 4.79 Å². The molecule has 2 atom stereocenters. The molecule has 1 aromatic carbocycles. The number of hydrogen-bond acceptors (Lipinski definition) is 2. The average molecular weight is 231 g/mol. The Morgan fingerprint density at radius 1 is 1.29 bits per heavy atom. The molecule has 1 aliphatic rings. The first kappa shape index (κ1) is 12.3. The lowest BCUT2D eigenvalue weighted by atomic mass is 9.80. The van der Waals surface area contributed by atoms with E-state index in [1.165, 1.54) is 0 Å². The van der Waals surface area contributed by atoms with Gasteiger partial charge in [0.2, 0.25) is 0 Å². The molecule has 2 N–H and O–H groups in total. The van der Waals surface area contributed by atoms with Gasteiger partial charge in [-0.05, 0) is 44.7 Å². The molecule has 2 rings (SSSR count). The van der Waals surface area contributed by atoms with Crippen molar-refractivity contribution in [3.63, 3.8) is 0 Å². The van der Waals surface area contributed by atoms with Gasteiger partial charge in [-0.2, -0.15) is 0 Å². The van der Waals surface area contributed by atoms with Crippen molar-refractivity contribution in [2.75, 3.05) is 0 Å². The van der Waals surface area contributed by atoms with Gasteiger partial charge in [-0.1, -0.05) is 24.1 Å². The van der Waals surface area contributed by atoms with Crippen LogP contribution >= 0.6 is 0 Å². The molecule has 17 heavy (non-hydrogen) atoms. The van der Waals surface area contributed by atoms with Crippen LogP contribution in [-0.4, -0.2) is 11.8 Å². The summed E-state index contributed by atoms with van der Waals surface area (Å²) in [6.07, 6.45) is 4.01. The molecule has 1 saturated carbocycles. The Bertz CT molecular complexity index is 425. The number of carbonyl (C=O) groups is 1. The SMILES string of the molecule is Cc1ccc(C)c(C(=O)C2CCCC(N)C2)c1. The third-order valence-corrected chi connectivity index (χ3v) is 3.74. The normalized spacial score (nSPS) is 24.6. The van der Waals surface area contributed by atoms with E-state index in [0.717, 1.165) is 42.4 Å². The Morgan fingerprint density at radius 3 is 2.76 bits per heavy atom. The average Bonchev–Trinajstić information content (AvgIpc) is 2.31. The lowest BCUT2D eigenvalue weighted by Gasteiger charge is -2.26.